The molecule has 0 saturated heterocycles. The molecule has 4 rings (SSSR count). The second kappa shape index (κ2) is 9.57. The number of para-hydroxylation sites is 1. The van der Waals surface area contributed by atoms with Crippen molar-refractivity contribution < 1.29 is 14.3 Å². The molecule has 0 aliphatic carbocycles. The van der Waals surface area contributed by atoms with E-state index in [0.29, 0.717) is 30.3 Å². The van der Waals surface area contributed by atoms with Gasteiger partial charge in [-0.3, -0.25) is 14.9 Å². The minimum Gasteiger partial charge on any atom is -0.466 e. The van der Waals surface area contributed by atoms with Crippen molar-refractivity contribution in [2.24, 2.45) is 0 Å². The van der Waals surface area contributed by atoms with E-state index in [2.05, 4.69) is 27.0 Å². The average Bonchev–Trinajstić information content (AvgIpc) is 3.38. The van der Waals surface area contributed by atoms with Crippen molar-refractivity contribution in [2.75, 3.05) is 11.9 Å². The Kier molecular flexibility index (Phi) is 6.43. The summed E-state index contributed by atoms with van der Waals surface area (Å²) in [6.07, 6.45) is 2.65. The third kappa shape index (κ3) is 5.00. The van der Waals surface area contributed by atoms with Gasteiger partial charge in [-0.2, -0.15) is 0 Å². The van der Waals surface area contributed by atoms with Crippen LogP contribution in [0.15, 0.2) is 66.2 Å². The smallest absolute Gasteiger partial charge is 0.306 e. The molecular formula is C24H23N3O3S. The van der Waals surface area contributed by atoms with Gasteiger partial charge >= 0.3 is 5.97 Å². The average molecular weight is 434 g/mol. The van der Waals surface area contributed by atoms with Crippen LogP contribution in [0, 0.1) is 0 Å². The zero-order valence-corrected chi connectivity index (χ0v) is 18.0. The predicted molar refractivity (Wildman–Crippen MR) is 123 cm³/mol. The molecule has 0 radical (unpaired) electrons. The Morgan fingerprint density at radius 1 is 1.10 bits per heavy atom. The van der Waals surface area contributed by atoms with Crippen molar-refractivity contribution in [1.29, 1.82) is 0 Å². The molecule has 0 aliphatic rings. The summed E-state index contributed by atoms with van der Waals surface area (Å²) in [5.74, 6) is -0.443. The zero-order valence-electron chi connectivity index (χ0n) is 17.2. The Hall–Kier alpha value is -3.45. The number of benzene rings is 2. The first kappa shape index (κ1) is 20.8. The number of hydrogen-bond acceptors (Lipinski definition) is 5. The number of nitrogens with one attached hydrogen (secondary N) is 1. The molecular weight excluding hydrogens is 410 g/mol. The molecule has 1 N–H and O–H groups in total. The third-order valence-corrected chi connectivity index (χ3v) is 5.70. The largest absolute Gasteiger partial charge is 0.466 e. The number of anilines is 1. The summed E-state index contributed by atoms with van der Waals surface area (Å²) in [5.41, 5.74) is 3.54. The number of aromatic nitrogens is 2. The maximum atomic E-state index is 13.0. The molecule has 0 unspecified atom stereocenters. The van der Waals surface area contributed by atoms with Crippen molar-refractivity contribution in [1.82, 2.24) is 9.55 Å². The van der Waals surface area contributed by atoms with Crippen LogP contribution in [0.2, 0.25) is 0 Å². The number of carbonyl (C=O) groups excluding carboxylic acids is 2. The van der Waals surface area contributed by atoms with E-state index in [-0.39, 0.29) is 18.3 Å². The fraction of sp³-hybridized carbons (Fsp3) is 0.208. The van der Waals surface area contributed by atoms with E-state index in [1.807, 2.05) is 54.0 Å². The van der Waals surface area contributed by atoms with E-state index in [9.17, 15) is 9.59 Å². The first-order valence-electron chi connectivity index (χ1n) is 10.2. The predicted octanol–water partition coefficient (Wildman–Crippen LogP) is 4.89. The molecule has 0 aliphatic heterocycles. The summed E-state index contributed by atoms with van der Waals surface area (Å²) in [7, 11) is 0. The van der Waals surface area contributed by atoms with Gasteiger partial charge in [-0.15, -0.1) is 11.3 Å². The Labute approximate surface area is 184 Å². The van der Waals surface area contributed by atoms with Gasteiger partial charge in [-0.05, 0) is 18.6 Å². The lowest BCUT2D eigenvalue weighted by molar-refractivity contribution is -0.143. The fourth-order valence-corrected chi connectivity index (χ4v) is 4.19. The quantitative estimate of drug-likeness (QED) is 0.401. The number of rotatable bonds is 8. The molecule has 2 heterocycles. The van der Waals surface area contributed by atoms with Gasteiger partial charge in [-0.25, -0.2) is 4.98 Å². The van der Waals surface area contributed by atoms with E-state index < -0.39 is 0 Å². The number of fused-ring (bicyclic) bond motifs is 1. The van der Waals surface area contributed by atoms with Crippen molar-refractivity contribution in [3.63, 3.8) is 0 Å². The highest BCUT2D eigenvalue weighted by Gasteiger charge is 2.17. The van der Waals surface area contributed by atoms with Crippen LogP contribution in [0.3, 0.4) is 0 Å². The van der Waals surface area contributed by atoms with Gasteiger partial charge in [0.2, 0.25) is 0 Å². The molecule has 7 heteroatoms. The van der Waals surface area contributed by atoms with Crippen molar-refractivity contribution >= 4 is 39.2 Å². The molecule has 1 amide bonds. The summed E-state index contributed by atoms with van der Waals surface area (Å²) in [4.78, 5) is 29.0. The number of hydrogen-bond donors (Lipinski definition) is 1. The van der Waals surface area contributed by atoms with Gasteiger partial charge in [0.05, 0.1) is 24.3 Å². The normalized spacial score (nSPS) is 10.9. The Morgan fingerprint density at radius 3 is 2.68 bits per heavy atom. The second-order valence-electron chi connectivity index (χ2n) is 7.08. The number of ether oxygens (including phenoxy) is 1. The highest BCUT2D eigenvalue weighted by molar-refractivity contribution is 7.14. The van der Waals surface area contributed by atoms with E-state index in [4.69, 9.17) is 4.74 Å². The van der Waals surface area contributed by atoms with Crippen molar-refractivity contribution in [2.45, 2.75) is 26.3 Å². The van der Waals surface area contributed by atoms with E-state index >= 15 is 0 Å². The van der Waals surface area contributed by atoms with E-state index in [1.165, 1.54) is 16.9 Å². The van der Waals surface area contributed by atoms with E-state index in [1.54, 1.807) is 6.92 Å². The molecule has 0 atom stereocenters. The van der Waals surface area contributed by atoms with Crippen molar-refractivity contribution in [3.05, 3.63) is 83.0 Å². The lowest BCUT2D eigenvalue weighted by Crippen LogP contribution is -2.11. The molecule has 4 aromatic rings. The van der Waals surface area contributed by atoms with Crippen LogP contribution in [0.4, 0.5) is 5.13 Å². The molecule has 31 heavy (non-hydrogen) atoms. The molecule has 2 aromatic heterocycles. The van der Waals surface area contributed by atoms with Gasteiger partial charge in [0.15, 0.2) is 5.13 Å². The molecule has 158 valence electrons. The van der Waals surface area contributed by atoms with Gasteiger partial charge in [0.1, 0.15) is 0 Å². The highest BCUT2D eigenvalue weighted by atomic mass is 32.1. The van der Waals surface area contributed by atoms with Crippen LogP contribution >= 0.6 is 11.3 Å². The zero-order chi connectivity index (χ0) is 21.6. The van der Waals surface area contributed by atoms with Crippen LogP contribution in [0.25, 0.3) is 10.9 Å². The first-order valence-corrected chi connectivity index (χ1v) is 11.0. The monoisotopic (exact) mass is 433 g/mol. The summed E-state index contributed by atoms with van der Waals surface area (Å²) in [5, 5.41) is 6.17. The SMILES string of the molecule is CCOC(=O)CCc1csc(NC(=O)c2cn(Cc3ccccc3)c3ccccc23)n1. The summed E-state index contributed by atoms with van der Waals surface area (Å²) >= 11 is 1.35. The maximum Gasteiger partial charge on any atom is 0.306 e. The molecule has 0 fully saturated rings. The Balaban J connectivity index is 1.50. The number of aryl methyl sites for hydroxylation is 1. The molecule has 0 spiro atoms. The van der Waals surface area contributed by atoms with Crippen LogP contribution < -0.4 is 5.32 Å². The lowest BCUT2D eigenvalue weighted by Gasteiger charge is -2.05. The van der Waals surface area contributed by atoms with Crippen LogP contribution in [-0.2, 0) is 22.5 Å². The maximum absolute atomic E-state index is 13.0. The standard InChI is InChI=1S/C24H23N3O3S/c1-2-30-22(28)13-12-18-16-31-24(25-18)26-23(29)20-15-27(14-17-8-4-3-5-9-17)21-11-7-6-10-19(20)21/h3-11,15-16H,2,12-14H2,1H3,(H,25,26,29). The second-order valence-corrected chi connectivity index (χ2v) is 7.93. The number of carbonyl (C=O) groups is 2. The topological polar surface area (TPSA) is 73.2 Å². The number of thiazole rings is 1. The molecule has 0 saturated carbocycles. The highest BCUT2D eigenvalue weighted by Crippen LogP contribution is 2.24. The Bertz CT molecular complexity index is 1200. The molecule has 6 nitrogen and oxygen atoms in total. The summed E-state index contributed by atoms with van der Waals surface area (Å²) in [6, 6.07) is 18.0. The minimum absolute atomic E-state index is 0.200. The first-order chi connectivity index (χ1) is 15.1. The summed E-state index contributed by atoms with van der Waals surface area (Å²) < 4.78 is 7.03. The third-order valence-electron chi connectivity index (χ3n) is 4.89. The van der Waals surface area contributed by atoms with Gasteiger partial charge in [-0.1, -0.05) is 48.5 Å². The fourth-order valence-electron chi connectivity index (χ4n) is 3.45. The van der Waals surface area contributed by atoms with Crippen molar-refractivity contribution in [3.8, 4) is 0 Å². The number of amides is 1. The van der Waals surface area contributed by atoms with Crippen LogP contribution in [0.1, 0.15) is 35.0 Å². The van der Waals surface area contributed by atoms with Gasteiger partial charge < -0.3 is 9.30 Å². The Morgan fingerprint density at radius 2 is 1.87 bits per heavy atom. The van der Waals surface area contributed by atoms with Crippen LogP contribution in [0.5, 0.6) is 0 Å². The molecule has 2 aromatic carbocycles. The van der Waals surface area contributed by atoms with E-state index in [0.717, 1.165) is 16.6 Å². The van der Waals surface area contributed by atoms with Crippen LogP contribution in [-0.4, -0.2) is 28.0 Å². The molecule has 0 bridgehead atoms. The number of nitrogens with zero attached hydrogens (tertiary/aromatic N) is 2. The van der Waals surface area contributed by atoms with Gasteiger partial charge in [0, 0.05) is 35.4 Å². The van der Waals surface area contributed by atoms with Gasteiger partial charge in [0.25, 0.3) is 5.91 Å². The lowest BCUT2D eigenvalue weighted by atomic mass is 10.1. The summed E-state index contributed by atoms with van der Waals surface area (Å²) in [6.45, 7) is 2.84. The minimum atomic E-state index is -0.243. The number of esters is 1.